The Hall–Kier alpha value is -3.64. The zero-order chi connectivity index (χ0) is 20.5. The molecule has 2 heterocycles. The SMILES string of the molecule is COc1cn2c(C(O)c3ccc(-c4ccccc4C(=O)O)cc3)cc(C)cc2n1. The number of aliphatic hydroxyl groups excluding tert-OH is 1. The lowest BCUT2D eigenvalue weighted by molar-refractivity contribution is 0.0697. The number of aliphatic hydroxyl groups is 1. The molecule has 0 spiro atoms. The van der Waals surface area contributed by atoms with Gasteiger partial charge in [0.15, 0.2) is 0 Å². The zero-order valence-corrected chi connectivity index (χ0v) is 16.0. The molecular weight excluding hydrogens is 368 g/mol. The minimum Gasteiger partial charge on any atom is -0.480 e. The van der Waals surface area contributed by atoms with Crippen molar-refractivity contribution in [2.75, 3.05) is 7.11 Å². The van der Waals surface area contributed by atoms with Gasteiger partial charge in [0.2, 0.25) is 5.88 Å². The number of rotatable bonds is 5. The molecule has 2 aromatic carbocycles. The highest BCUT2D eigenvalue weighted by Crippen LogP contribution is 2.29. The summed E-state index contributed by atoms with van der Waals surface area (Å²) in [5, 5.41) is 20.4. The normalized spacial score (nSPS) is 12.1. The molecule has 1 unspecified atom stereocenters. The van der Waals surface area contributed by atoms with Gasteiger partial charge in [-0.1, -0.05) is 42.5 Å². The Morgan fingerprint density at radius 1 is 1.10 bits per heavy atom. The second kappa shape index (κ2) is 7.41. The molecular formula is C23H20N2O4. The predicted octanol–water partition coefficient (Wildman–Crippen LogP) is 4.10. The summed E-state index contributed by atoms with van der Waals surface area (Å²) in [4.78, 5) is 15.9. The number of ether oxygens (including phenoxy) is 1. The van der Waals surface area contributed by atoms with Crippen molar-refractivity contribution in [3.05, 3.63) is 89.2 Å². The molecule has 6 nitrogen and oxygen atoms in total. The Labute approximate surface area is 167 Å². The fourth-order valence-corrected chi connectivity index (χ4v) is 3.48. The van der Waals surface area contributed by atoms with Gasteiger partial charge in [-0.05, 0) is 47.4 Å². The largest absolute Gasteiger partial charge is 0.480 e. The van der Waals surface area contributed by atoms with E-state index in [-0.39, 0.29) is 5.56 Å². The van der Waals surface area contributed by atoms with E-state index in [0.717, 1.165) is 11.1 Å². The smallest absolute Gasteiger partial charge is 0.336 e. The molecule has 0 aliphatic heterocycles. The molecule has 0 radical (unpaired) electrons. The molecule has 29 heavy (non-hydrogen) atoms. The van der Waals surface area contributed by atoms with Crippen molar-refractivity contribution in [1.82, 2.24) is 9.38 Å². The van der Waals surface area contributed by atoms with Crippen LogP contribution in [-0.4, -0.2) is 32.7 Å². The van der Waals surface area contributed by atoms with Crippen molar-refractivity contribution in [2.45, 2.75) is 13.0 Å². The first kappa shape index (κ1) is 18.7. The van der Waals surface area contributed by atoms with Crippen LogP contribution in [0.15, 0.2) is 66.9 Å². The average molecular weight is 388 g/mol. The fraction of sp³-hybridized carbons (Fsp3) is 0.130. The number of imidazole rings is 1. The quantitative estimate of drug-likeness (QED) is 0.538. The lowest BCUT2D eigenvalue weighted by atomic mass is 9.97. The number of aromatic carboxylic acids is 1. The molecule has 0 saturated heterocycles. The molecule has 0 bridgehead atoms. The van der Waals surface area contributed by atoms with Crippen molar-refractivity contribution < 1.29 is 19.7 Å². The summed E-state index contributed by atoms with van der Waals surface area (Å²) in [5.41, 5.74) is 4.70. The Kier molecular flexibility index (Phi) is 4.78. The Bertz CT molecular complexity index is 1200. The van der Waals surface area contributed by atoms with Crippen LogP contribution in [-0.2, 0) is 0 Å². The van der Waals surface area contributed by atoms with Gasteiger partial charge in [0, 0.05) is 0 Å². The van der Waals surface area contributed by atoms with E-state index in [1.54, 1.807) is 49.7 Å². The maximum atomic E-state index is 11.5. The highest BCUT2D eigenvalue weighted by Gasteiger charge is 2.17. The van der Waals surface area contributed by atoms with Crippen LogP contribution in [0.4, 0.5) is 0 Å². The summed E-state index contributed by atoms with van der Waals surface area (Å²) >= 11 is 0. The number of fused-ring (bicyclic) bond motifs is 1. The minimum atomic E-state index is -0.971. The van der Waals surface area contributed by atoms with E-state index >= 15 is 0 Å². The van der Waals surface area contributed by atoms with Gasteiger partial charge in [-0.2, -0.15) is 4.98 Å². The number of carbonyl (C=O) groups is 1. The van der Waals surface area contributed by atoms with E-state index in [9.17, 15) is 15.0 Å². The first-order valence-corrected chi connectivity index (χ1v) is 9.12. The minimum absolute atomic E-state index is 0.242. The van der Waals surface area contributed by atoms with Crippen LogP contribution in [0.2, 0.25) is 0 Å². The fourth-order valence-electron chi connectivity index (χ4n) is 3.48. The molecule has 2 N–H and O–H groups in total. The monoisotopic (exact) mass is 388 g/mol. The summed E-state index contributed by atoms with van der Waals surface area (Å²) in [7, 11) is 1.55. The molecule has 6 heteroatoms. The zero-order valence-electron chi connectivity index (χ0n) is 16.0. The summed E-state index contributed by atoms with van der Waals surface area (Å²) in [6.45, 7) is 1.95. The van der Waals surface area contributed by atoms with Crippen LogP contribution in [0.3, 0.4) is 0 Å². The number of methoxy groups -OCH3 is 1. The third-order valence-corrected chi connectivity index (χ3v) is 4.91. The first-order valence-electron chi connectivity index (χ1n) is 9.12. The third kappa shape index (κ3) is 3.46. The number of aryl methyl sites for hydroxylation is 1. The molecule has 146 valence electrons. The van der Waals surface area contributed by atoms with Crippen LogP contribution in [0.1, 0.15) is 33.3 Å². The molecule has 0 fully saturated rings. The summed E-state index contributed by atoms with van der Waals surface area (Å²) in [5.74, 6) is -0.495. The summed E-state index contributed by atoms with van der Waals surface area (Å²) in [6, 6.07) is 17.9. The Balaban J connectivity index is 1.73. The van der Waals surface area contributed by atoms with Gasteiger partial charge >= 0.3 is 5.97 Å². The molecule has 0 amide bonds. The lowest BCUT2D eigenvalue weighted by Gasteiger charge is -2.15. The van der Waals surface area contributed by atoms with Gasteiger partial charge in [0.1, 0.15) is 11.8 Å². The molecule has 1 atom stereocenters. The van der Waals surface area contributed by atoms with Crippen LogP contribution < -0.4 is 4.74 Å². The number of pyridine rings is 1. The molecule has 0 aliphatic rings. The molecule has 0 aliphatic carbocycles. The second-order valence-electron chi connectivity index (χ2n) is 6.84. The van der Waals surface area contributed by atoms with E-state index < -0.39 is 12.1 Å². The first-order chi connectivity index (χ1) is 14.0. The third-order valence-electron chi connectivity index (χ3n) is 4.91. The number of hydrogen-bond acceptors (Lipinski definition) is 4. The Morgan fingerprint density at radius 2 is 1.83 bits per heavy atom. The van der Waals surface area contributed by atoms with Crippen molar-refractivity contribution in [1.29, 1.82) is 0 Å². The van der Waals surface area contributed by atoms with Gasteiger partial charge < -0.3 is 14.9 Å². The van der Waals surface area contributed by atoms with Crippen LogP contribution in [0.5, 0.6) is 5.88 Å². The van der Waals surface area contributed by atoms with Gasteiger partial charge in [-0.3, -0.25) is 4.40 Å². The standard InChI is InChI=1S/C23H20N2O4/c1-14-11-19(25-13-21(29-2)24-20(25)12-14)22(26)16-9-7-15(8-10-16)17-5-3-4-6-18(17)23(27)28/h3-13,22,26H,1-2H3,(H,27,28). The second-order valence-corrected chi connectivity index (χ2v) is 6.84. The van der Waals surface area contributed by atoms with Crippen molar-refractivity contribution >= 4 is 11.6 Å². The molecule has 0 saturated carbocycles. The maximum absolute atomic E-state index is 11.5. The highest BCUT2D eigenvalue weighted by atomic mass is 16.5. The predicted molar refractivity (Wildman–Crippen MR) is 109 cm³/mol. The summed E-state index contributed by atoms with van der Waals surface area (Å²) < 4.78 is 7.02. The highest BCUT2D eigenvalue weighted by molar-refractivity contribution is 5.96. The van der Waals surface area contributed by atoms with E-state index in [1.165, 1.54) is 0 Å². The molecule has 4 rings (SSSR count). The number of carboxylic acid groups (broad SMARTS) is 1. The molecule has 4 aromatic rings. The van der Waals surface area contributed by atoms with Crippen LogP contribution in [0, 0.1) is 6.92 Å². The number of carboxylic acids is 1. The van der Waals surface area contributed by atoms with Gasteiger partial charge in [-0.25, -0.2) is 4.79 Å². The lowest BCUT2D eigenvalue weighted by Crippen LogP contribution is -2.06. The maximum Gasteiger partial charge on any atom is 0.336 e. The summed E-state index contributed by atoms with van der Waals surface area (Å²) in [6.07, 6.45) is 0.866. The average Bonchev–Trinajstić information content (AvgIpc) is 3.15. The van der Waals surface area contributed by atoms with Gasteiger partial charge in [0.25, 0.3) is 0 Å². The van der Waals surface area contributed by atoms with Crippen LogP contribution in [0.25, 0.3) is 16.8 Å². The van der Waals surface area contributed by atoms with Crippen molar-refractivity contribution in [3.63, 3.8) is 0 Å². The van der Waals surface area contributed by atoms with Crippen molar-refractivity contribution in [3.8, 4) is 17.0 Å². The topological polar surface area (TPSA) is 84.1 Å². The van der Waals surface area contributed by atoms with E-state index in [0.29, 0.717) is 28.3 Å². The van der Waals surface area contributed by atoms with E-state index in [1.807, 2.05) is 35.6 Å². The number of nitrogens with zero attached hydrogens (tertiary/aromatic N) is 2. The van der Waals surface area contributed by atoms with E-state index in [2.05, 4.69) is 4.98 Å². The van der Waals surface area contributed by atoms with Crippen LogP contribution >= 0.6 is 0 Å². The Morgan fingerprint density at radius 3 is 2.52 bits per heavy atom. The van der Waals surface area contributed by atoms with Crippen molar-refractivity contribution in [2.24, 2.45) is 0 Å². The number of benzene rings is 2. The number of aromatic nitrogens is 2. The van der Waals surface area contributed by atoms with Gasteiger partial charge in [-0.15, -0.1) is 0 Å². The van der Waals surface area contributed by atoms with E-state index in [4.69, 9.17) is 4.74 Å². The number of hydrogen-bond donors (Lipinski definition) is 2. The van der Waals surface area contributed by atoms with Gasteiger partial charge in [0.05, 0.1) is 24.6 Å². The molecule has 2 aromatic heterocycles.